The van der Waals surface area contributed by atoms with Gasteiger partial charge in [-0.25, -0.2) is 9.78 Å². The van der Waals surface area contributed by atoms with Gasteiger partial charge in [0, 0.05) is 11.3 Å². The Kier molecular flexibility index (Phi) is 5.50. The Hall–Kier alpha value is -2.60. The lowest BCUT2D eigenvalue weighted by atomic mass is 9.98. The lowest BCUT2D eigenvalue weighted by Gasteiger charge is -2.11. The van der Waals surface area contributed by atoms with E-state index in [1.165, 1.54) is 12.7 Å². The summed E-state index contributed by atoms with van der Waals surface area (Å²) in [6, 6.07) is 5.74. The number of hydrogen-bond acceptors (Lipinski definition) is 4. The molecule has 132 valence electrons. The molecule has 4 N–H and O–H groups in total. The minimum absolute atomic E-state index is 0.130. The number of hydrogen-bond donors (Lipinski definition) is 3. The van der Waals surface area contributed by atoms with Crippen LogP contribution in [0.5, 0.6) is 0 Å². The van der Waals surface area contributed by atoms with Crippen LogP contribution >= 0.6 is 0 Å². The minimum Gasteiger partial charge on any atom is -0.453 e. The van der Waals surface area contributed by atoms with Gasteiger partial charge in [-0.1, -0.05) is 18.2 Å². The molecule has 1 aliphatic heterocycles. The molecule has 0 radical (unpaired) electrons. The molecule has 2 heterocycles. The first-order valence-corrected chi connectivity index (χ1v) is 8.61. The number of fused-ring (bicyclic) bond motifs is 4. The van der Waals surface area contributed by atoms with E-state index in [9.17, 15) is 4.79 Å². The molecule has 0 fully saturated rings. The number of aryl methyl sites for hydroxylation is 1. The first kappa shape index (κ1) is 17.2. The molecule has 1 aromatic carbocycles. The summed E-state index contributed by atoms with van der Waals surface area (Å²) in [4.78, 5) is 19.3. The number of nitrogens with two attached hydrogens (primary N) is 1. The maximum atomic E-state index is 11.5. The van der Waals surface area contributed by atoms with Gasteiger partial charge in [0.05, 0.1) is 25.0 Å². The normalized spacial score (nSPS) is 18.9. The second kappa shape index (κ2) is 7.98. The number of allylic oxidation sites excluding steroid dienone is 1. The topological polar surface area (TPSA) is 93.0 Å². The standard InChI is InChI=1S/C19H24N4O2/c1-25-19(24)22-14-9-10-15-13(11-14)7-5-3-2-4-6-8-16(20)18-21-12-17(15)23-18/h4,6,9-12,16H,2-3,5,7-8,20H2,1H3,(H,21,23)(H,22,24)/b6-4-/t16-/m0/s1. The maximum Gasteiger partial charge on any atom is 0.411 e. The Morgan fingerprint density at radius 1 is 1.36 bits per heavy atom. The molecule has 2 bridgehead atoms. The summed E-state index contributed by atoms with van der Waals surface area (Å²) in [7, 11) is 1.36. The van der Waals surface area contributed by atoms with Crippen LogP contribution in [0.1, 0.15) is 43.1 Å². The number of carbonyl (C=O) groups is 1. The Balaban J connectivity index is 1.95. The molecule has 3 rings (SSSR count). The number of amides is 1. The number of ether oxygens (including phenoxy) is 1. The fourth-order valence-corrected chi connectivity index (χ4v) is 3.02. The second-order valence-electron chi connectivity index (χ2n) is 6.23. The average Bonchev–Trinajstić information content (AvgIpc) is 3.10. The van der Waals surface area contributed by atoms with E-state index in [4.69, 9.17) is 5.73 Å². The van der Waals surface area contributed by atoms with Crippen LogP contribution in [0.25, 0.3) is 11.3 Å². The zero-order valence-electron chi connectivity index (χ0n) is 14.4. The highest BCUT2D eigenvalue weighted by Crippen LogP contribution is 2.28. The number of H-pyrrole nitrogens is 1. The van der Waals surface area contributed by atoms with Gasteiger partial charge in [0.15, 0.2) is 0 Å². The summed E-state index contributed by atoms with van der Waals surface area (Å²) in [5.41, 5.74) is 10.1. The van der Waals surface area contributed by atoms with E-state index >= 15 is 0 Å². The zero-order chi connectivity index (χ0) is 17.6. The van der Waals surface area contributed by atoms with Gasteiger partial charge in [-0.3, -0.25) is 5.32 Å². The van der Waals surface area contributed by atoms with Gasteiger partial charge in [0.25, 0.3) is 0 Å². The second-order valence-corrected chi connectivity index (χ2v) is 6.23. The van der Waals surface area contributed by atoms with Crippen molar-refractivity contribution in [1.82, 2.24) is 9.97 Å². The Bertz CT molecular complexity index is 767. The van der Waals surface area contributed by atoms with Crippen LogP contribution in [-0.4, -0.2) is 23.2 Å². The molecular formula is C19H24N4O2. The van der Waals surface area contributed by atoms with Crippen LogP contribution < -0.4 is 11.1 Å². The third-order valence-corrected chi connectivity index (χ3v) is 4.40. The summed E-state index contributed by atoms with van der Waals surface area (Å²) in [5.74, 6) is 0.793. The molecule has 0 aliphatic carbocycles. The van der Waals surface area contributed by atoms with Crippen molar-refractivity contribution in [3.05, 3.63) is 47.9 Å². The van der Waals surface area contributed by atoms with Crippen molar-refractivity contribution >= 4 is 11.8 Å². The van der Waals surface area contributed by atoms with Gasteiger partial charge in [-0.15, -0.1) is 0 Å². The van der Waals surface area contributed by atoms with E-state index in [1.807, 2.05) is 24.4 Å². The number of nitrogens with zero attached hydrogens (tertiary/aromatic N) is 1. The SMILES string of the molecule is COC(=O)Nc1ccc2c(c1)CCCC/C=C\C[C@H](N)c1ncc-2[nH]1. The smallest absolute Gasteiger partial charge is 0.411 e. The summed E-state index contributed by atoms with van der Waals surface area (Å²) in [6.45, 7) is 0. The predicted molar refractivity (Wildman–Crippen MR) is 98.3 cm³/mol. The molecular weight excluding hydrogens is 316 g/mol. The van der Waals surface area contributed by atoms with Gasteiger partial charge in [-0.2, -0.15) is 0 Å². The zero-order valence-corrected chi connectivity index (χ0v) is 14.4. The molecule has 1 atom stereocenters. The van der Waals surface area contributed by atoms with Gasteiger partial charge < -0.3 is 15.5 Å². The van der Waals surface area contributed by atoms with Gasteiger partial charge in [-0.05, 0) is 49.8 Å². The average molecular weight is 340 g/mol. The highest BCUT2D eigenvalue weighted by atomic mass is 16.5. The number of carbonyl (C=O) groups excluding carboxylic acids is 1. The van der Waals surface area contributed by atoms with E-state index in [-0.39, 0.29) is 6.04 Å². The van der Waals surface area contributed by atoms with Crippen molar-refractivity contribution in [2.75, 3.05) is 12.4 Å². The van der Waals surface area contributed by atoms with E-state index in [0.717, 1.165) is 54.9 Å². The van der Waals surface area contributed by atoms with Crippen LogP contribution in [0, 0.1) is 0 Å². The maximum absolute atomic E-state index is 11.5. The lowest BCUT2D eigenvalue weighted by molar-refractivity contribution is 0.187. The molecule has 0 saturated carbocycles. The van der Waals surface area contributed by atoms with Crippen molar-refractivity contribution < 1.29 is 9.53 Å². The first-order valence-electron chi connectivity index (χ1n) is 8.61. The minimum atomic E-state index is -0.468. The predicted octanol–water partition coefficient (Wildman–Crippen LogP) is 3.93. The van der Waals surface area contributed by atoms with Gasteiger partial charge >= 0.3 is 6.09 Å². The van der Waals surface area contributed by atoms with E-state index < -0.39 is 6.09 Å². The number of methoxy groups -OCH3 is 1. The Morgan fingerprint density at radius 3 is 3.08 bits per heavy atom. The number of aromatic amines is 1. The highest BCUT2D eigenvalue weighted by Gasteiger charge is 2.14. The monoisotopic (exact) mass is 340 g/mol. The van der Waals surface area contributed by atoms with Crippen molar-refractivity contribution in [3.63, 3.8) is 0 Å². The van der Waals surface area contributed by atoms with Crippen molar-refractivity contribution in [3.8, 4) is 11.3 Å². The summed E-state index contributed by atoms with van der Waals surface area (Å²) < 4.78 is 4.67. The summed E-state index contributed by atoms with van der Waals surface area (Å²) in [6.07, 6.45) is 10.6. The van der Waals surface area contributed by atoms with Gasteiger partial charge in [0.2, 0.25) is 0 Å². The highest BCUT2D eigenvalue weighted by molar-refractivity contribution is 5.85. The van der Waals surface area contributed by atoms with Crippen molar-refractivity contribution in [1.29, 1.82) is 0 Å². The fourth-order valence-electron chi connectivity index (χ4n) is 3.02. The number of aromatic nitrogens is 2. The molecule has 2 aromatic rings. The third kappa shape index (κ3) is 4.28. The summed E-state index contributed by atoms with van der Waals surface area (Å²) in [5, 5.41) is 2.73. The largest absolute Gasteiger partial charge is 0.453 e. The Morgan fingerprint density at radius 2 is 2.24 bits per heavy atom. The van der Waals surface area contributed by atoms with Crippen molar-refractivity contribution in [2.24, 2.45) is 5.73 Å². The molecule has 25 heavy (non-hydrogen) atoms. The van der Waals surface area contributed by atoms with Crippen LogP contribution in [0.2, 0.25) is 0 Å². The molecule has 1 amide bonds. The quantitative estimate of drug-likeness (QED) is 0.686. The molecule has 6 heteroatoms. The Labute approximate surface area is 147 Å². The lowest BCUT2D eigenvalue weighted by Crippen LogP contribution is -2.11. The van der Waals surface area contributed by atoms with Crippen molar-refractivity contribution in [2.45, 2.75) is 38.1 Å². The van der Waals surface area contributed by atoms with E-state index in [1.54, 1.807) is 0 Å². The first-order chi connectivity index (χ1) is 12.2. The molecule has 0 saturated heterocycles. The third-order valence-electron chi connectivity index (χ3n) is 4.40. The molecule has 1 aliphatic rings. The molecule has 0 unspecified atom stereocenters. The van der Waals surface area contributed by atoms with Crippen LogP contribution in [0.15, 0.2) is 36.5 Å². The number of nitrogens with one attached hydrogen (secondary N) is 2. The molecule has 1 aromatic heterocycles. The van der Waals surface area contributed by atoms with Crippen LogP contribution in [-0.2, 0) is 11.2 Å². The van der Waals surface area contributed by atoms with Crippen LogP contribution in [0.4, 0.5) is 10.5 Å². The number of benzene rings is 1. The molecule has 0 spiro atoms. The number of rotatable bonds is 1. The number of imidazole rings is 1. The van der Waals surface area contributed by atoms with E-state index in [0.29, 0.717) is 0 Å². The fraction of sp³-hybridized carbons (Fsp3) is 0.368. The summed E-state index contributed by atoms with van der Waals surface area (Å²) >= 11 is 0. The van der Waals surface area contributed by atoms with E-state index in [2.05, 4.69) is 32.2 Å². The van der Waals surface area contributed by atoms with Crippen LogP contribution in [0.3, 0.4) is 0 Å². The van der Waals surface area contributed by atoms with Gasteiger partial charge in [0.1, 0.15) is 5.82 Å². The number of anilines is 1. The molecule has 6 nitrogen and oxygen atoms in total.